The molecule has 2 rings (SSSR count). The largest absolute Gasteiger partial charge is 0.444 e. The van der Waals surface area contributed by atoms with Gasteiger partial charge in [-0.1, -0.05) is 6.07 Å². The molecule has 2 atom stereocenters. The van der Waals surface area contributed by atoms with E-state index in [0.29, 0.717) is 5.82 Å². The summed E-state index contributed by atoms with van der Waals surface area (Å²) < 4.78 is 19.0. The molecule has 0 unspecified atom stereocenters. The van der Waals surface area contributed by atoms with Crippen LogP contribution in [0.4, 0.5) is 15.0 Å². The molecule has 0 bridgehead atoms. The number of halogens is 1. The number of hydrogen-bond acceptors (Lipinski definition) is 4. The number of aryl methyl sites for hydroxylation is 1. The zero-order chi connectivity index (χ0) is 17.2. The zero-order valence-electron chi connectivity index (χ0n) is 13.8. The third-order valence-corrected chi connectivity index (χ3v) is 3.32. The lowest BCUT2D eigenvalue weighted by molar-refractivity contribution is -0.120. The van der Waals surface area contributed by atoms with Crippen molar-refractivity contribution in [1.29, 1.82) is 0 Å². The van der Waals surface area contributed by atoms with Crippen LogP contribution in [0.2, 0.25) is 0 Å². The molecule has 1 fully saturated rings. The Hall–Kier alpha value is -2.18. The molecule has 2 heterocycles. The van der Waals surface area contributed by atoms with Crippen LogP contribution in [-0.2, 0) is 9.53 Å². The summed E-state index contributed by atoms with van der Waals surface area (Å²) in [5, 5.41) is 2.63. The van der Waals surface area contributed by atoms with E-state index < -0.39 is 29.8 Å². The lowest BCUT2D eigenvalue weighted by Crippen LogP contribution is -2.45. The summed E-state index contributed by atoms with van der Waals surface area (Å²) in [6, 6.07) is 4.30. The number of carbonyl (C=O) groups is 2. The van der Waals surface area contributed by atoms with E-state index in [0.717, 1.165) is 10.6 Å². The van der Waals surface area contributed by atoms with Gasteiger partial charge in [0.2, 0.25) is 5.91 Å². The van der Waals surface area contributed by atoms with E-state index in [1.165, 1.54) is 0 Å². The van der Waals surface area contributed by atoms with Gasteiger partial charge in [-0.05, 0) is 39.8 Å². The molecule has 6 nitrogen and oxygen atoms in total. The molecule has 1 aromatic heterocycles. The number of nitrogens with zero attached hydrogens (tertiary/aromatic N) is 2. The Morgan fingerprint density at radius 2 is 2.09 bits per heavy atom. The van der Waals surface area contributed by atoms with Gasteiger partial charge in [0.05, 0.1) is 6.54 Å². The Morgan fingerprint density at radius 1 is 1.39 bits per heavy atom. The van der Waals surface area contributed by atoms with E-state index in [9.17, 15) is 14.0 Å². The summed E-state index contributed by atoms with van der Waals surface area (Å²) in [5.41, 5.74) is 0.0477. The first kappa shape index (κ1) is 17.2. The highest BCUT2D eigenvalue weighted by molar-refractivity contribution is 5.96. The first-order valence-corrected chi connectivity index (χ1v) is 7.54. The average molecular weight is 323 g/mol. The van der Waals surface area contributed by atoms with E-state index in [1.54, 1.807) is 45.9 Å². The van der Waals surface area contributed by atoms with Gasteiger partial charge in [-0.2, -0.15) is 0 Å². The quantitative estimate of drug-likeness (QED) is 0.908. The number of amides is 2. The summed E-state index contributed by atoms with van der Waals surface area (Å²) >= 11 is 0. The molecular formula is C16H22FN3O3. The number of aromatic nitrogens is 1. The number of hydrogen-bond donors (Lipinski definition) is 1. The number of nitrogens with one attached hydrogen (secondary N) is 1. The highest BCUT2D eigenvalue weighted by Crippen LogP contribution is 2.24. The maximum absolute atomic E-state index is 13.7. The van der Waals surface area contributed by atoms with Gasteiger partial charge >= 0.3 is 6.09 Å². The second kappa shape index (κ2) is 6.52. The van der Waals surface area contributed by atoms with Crippen molar-refractivity contribution in [3.05, 3.63) is 23.9 Å². The SMILES string of the molecule is Cc1cccc(NC(=O)[C@@H]2C[C@@H](F)CN2C(=O)OC(C)(C)C)n1. The minimum atomic E-state index is -1.25. The van der Waals surface area contributed by atoms with E-state index in [2.05, 4.69) is 10.3 Å². The van der Waals surface area contributed by atoms with Crippen molar-refractivity contribution in [3.63, 3.8) is 0 Å². The molecular weight excluding hydrogens is 301 g/mol. The van der Waals surface area contributed by atoms with E-state index in [1.807, 2.05) is 0 Å². The maximum atomic E-state index is 13.7. The summed E-state index contributed by atoms with van der Waals surface area (Å²) in [6.45, 7) is 6.82. The number of likely N-dealkylation sites (tertiary alicyclic amines) is 1. The lowest BCUT2D eigenvalue weighted by atomic mass is 10.2. The molecule has 0 aliphatic carbocycles. The molecule has 0 saturated carbocycles. The lowest BCUT2D eigenvalue weighted by Gasteiger charge is -2.27. The van der Waals surface area contributed by atoms with Gasteiger partial charge in [0.15, 0.2) is 0 Å². The summed E-state index contributed by atoms with van der Waals surface area (Å²) in [4.78, 5) is 29.9. The molecule has 1 N–H and O–H groups in total. The Labute approximate surface area is 135 Å². The predicted octanol–water partition coefficient (Wildman–Crippen LogP) is 2.68. The van der Waals surface area contributed by atoms with E-state index in [-0.39, 0.29) is 13.0 Å². The van der Waals surface area contributed by atoms with Gasteiger partial charge in [0, 0.05) is 12.1 Å². The molecule has 0 radical (unpaired) electrons. The predicted molar refractivity (Wildman–Crippen MR) is 83.8 cm³/mol. The van der Waals surface area contributed by atoms with Crippen LogP contribution in [0, 0.1) is 6.92 Å². The normalized spacial score (nSPS) is 21.2. The first-order valence-electron chi connectivity index (χ1n) is 7.54. The van der Waals surface area contributed by atoms with Crippen molar-refractivity contribution in [2.24, 2.45) is 0 Å². The number of ether oxygens (including phenoxy) is 1. The number of anilines is 1. The van der Waals surface area contributed by atoms with Crippen molar-refractivity contribution >= 4 is 17.8 Å². The minimum absolute atomic E-state index is 0.0448. The van der Waals surface area contributed by atoms with Crippen LogP contribution in [0.15, 0.2) is 18.2 Å². The molecule has 0 aromatic carbocycles. The summed E-state index contributed by atoms with van der Waals surface area (Å²) in [6.07, 6.45) is -1.98. The highest BCUT2D eigenvalue weighted by Gasteiger charge is 2.41. The van der Waals surface area contributed by atoms with Gasteiger partial charge in [-0.25, -0.2) is 14.2 Å². The zero-order valence-corrected chi connectivity index (χ0v) is 13.8. The fourth-order valence-electron chi connectivity index (χ4n) is 2.38. The van der Waals surface area contributed by atoms with Crippen LogP contribution in [0.1, 0.15) is 32.9 Å². The second-order valence-electron chi connectivity index (χ2n) is 6.63. The van der Waals surface area contributed by atoms with Crippen LogP contribution in [0.5, 0.6) is 0 Å². The van der Waals surface area contributed by atoms with Gasteiger partial charge in [0.25, 0.3) is 0 Å². The molecule has 126 valence electrons. The smallest absolute Gasteiger partial charge is 0.411 e. The maximum Gasteiger partial charge on any atom is 0.411 e. The van der Waals surface area contributed by atoms with Crippen LogP contribution in [-0.4, -0.2) is 46.2 Å². The third kappa shape index (κ3) is 4.64. The number of rotatable bonds is 2. The Kier molecular flexibility index (Phi) is 4.87. The van der Waals surface area contributed by atoms with Gasteiger partial charge in [0.1, 0.15) is 23.6 Å². The van der Waals surface area contributed by atoms with Crippen molar-refractivity contribution < 1.29 is 18.7 Å². The van der Waals surface area contributed by atoms with Gasteiger partial charge in [-0.15, -0.1) is 0 Å². The highest BCUT2D eigenvalue weighted by atomic mass is 19.1. The Balaban J connectivity index is 2.09. The fourth-order valence-corrected chi connectivity index (χ4v) is 2.38. The van der Waals surface area contributed by atoms with Crippen molar-refractivity contribution in [2.45, 2.75) is 51.9 Å². The molecule has 1 saturated heterocycles. The van der Waals surface area contributed by atoms with Crippen molar-refractivity contribution in [3.8, 4) is 0 Å². The Morgan fingerprint density at radius 3 is 2.70 bits per heavy atom. The Bertz CT molecular complexity index is 600. The summed E-state index contributed by atoms with van der Waals surface area (Å²) in [5.74, 6) is -0.0874. The second-order valence-corrected chi connectivity index (χ2v) is 6.63. The number of carbonyl (C=O) groups excluding carboxylic acids is 2. The van der Waals surface area contributed by atoms with Crippen LogP contribution in [0.3, 0.4) is 0 Å². The van der Waals surface area contributed by atoms with Crippen molar-refractivity contribution in [2.75, 3.05) is 11.9 Å². The number of alkyl halides is 1. The molecule has 23 heavy (non-hydrogen) atoms. The van der Waals surface area contributed by atoms with Crippen LogP contribution < -0.4 is 5.32 Å². The standard InChI is InChI=1S/C16H22FN3O3/c1-10-6-5-7-13(18-10)19-14(21)12-8-11(17)9-20(12)15(22)23-16(2,3)4/h5-7,11-12H,8-9H2,1-4H3,(H,18,19,21)/t11-,12+/m1/s1. The molecule has 1 aromatic rings. The number of pyridine rings is 1. The molecule has 7 heteroatoms. The third-order valence-electron chi connectivity index (χ3n) is 3.32. The molecule has 2 amide bonds. The fraction of sp³-hybridized carbons (Fsp3) is 0.562. The molecule has 1 aliphatic heterocycles. The van der Waals surface area contributed by atoms with Crippen LogP contribution in [0.25, 0.3) is 0 Å². The van der Waals surface area contributed by atoms with Gasteiger partial charge in [-0.3, -0.25) is 9.69 Å². The van der Waals surface area contributed by atoms with Crippen molar-refractivity contribution in [1.82, 2.24) is 9.88 Å². The van der Waals surface area contributed by atoms with Gasteiger partial charge < -0.3 is 10.1 Å². The summed E-state index contributed by atoms with van der Waals surface area (Å²) in [7, 11) is 0. The van der Waals surface area contributed by atoms with E-state index in [4.69, 9.17) is 4.74 Å². The minimum Gasteiger partial charge on any atom is -0.444 e. The van der Waals surface area contributed by atoms with Crippen LogP contribution >= 0.6 is 0 Å². The first-order chi connectivity index (χ1) is 10.7. The average Bonchev–Trinajstić information content (AvgIpc) is 2.79. The topological polar surface area (TPSA) is 71.5 Å². The monoisotopic (exact) mass is 323 g/mol. The van der Waals surface area contributed by atoms with E-state index >= 15 is 0 Å². The molecule has 1 aliphatic rings. The molecule has 0 spiro atoms.